The summed E-state index contributed by atoms with van der Waals surface area (Å²) < 4.78 is 9.89. The van der Waals surface area contributed by atoms with Gasteiger partial charge in [-0.05, 0) is 24.3 Å². The maximum atomic E-state index is 10.9. The molecule has 0 aliphatic carbocycles. The van der Waals surface area contributed by atoms with Crippen molar-refractivity contribution in [2.75, 3.05) is 32.2 Å². The number of anilines is 1. The number of esters is 1. The van der Waals surface area contributed by atoms with Crippen LogP contribution < -0.4 is 5.32 Å². The first kappa shape index (κ1) is 13.7. The molecule has 0 amide bonds. The largest absolute Gasteiger partial charge is 0.469 e. The fourth-order valence-electron chi connectivity index (χ4n) is 2.05. The van der Waals surface area contributed by atoms with Gasteiger partial charge in [0.1, 0.15) is 0 Å². The first-order valence-corrected chi connectivity index (χ1v) is 6.50. The lowest BCUT2D eigenvalue weighted by atomic mass is 9.94. The third-order valence-electron chi connectivity index (χ3n) is 3.20. The Balaban J connectivity index is 1.82. The van der Waals surface area contributed by atoms with Crippen LogP contribution in [0.1, 0.15) is 30.7 Å². The number of nitrogens with one attached hydrogen (secondary N) is 1. The number of rotatable bonds is 5. The number of carbonyl (C=O) groups excluding carboxylic acids is 1. The summed E-state index contributed by atoms with van der Waals surface area (Å²) in [6, 6.07) is 0. The van der Waals surface area contributed by atoms with Crippen LogP contribution in [0.4, 0.5) is 5.95 Å². The molecule has 2 rings (SSSR count). The summed E-state index contributed by atoms with van der Waals surface area (Å²) in [5, 5.41) is 2.99. The normalized spacial score (nSPS) is 16.1. The van der Waals surface area contributed by atoms with Crippen LogP contribution in [-0.2, 0) is 14.3 Å². The van der Waals surface area contributed by atoms with Gasteiger partial charge in [-0.15, -0.1) is 0 Å². The van der Waals surface area contributed by atoms with E-state index in [4.69, 9.17) is 4.74 Å². The Hall–Kier alpha value is -1.69. The molecular formula is C13H19N3O3. The Morgan fingerprint density at radius 2 is 2.11 bits per heavy atom. The second kappa shape index (κ2) is 7.04. The van der Waals surface area contributed by atoms with Crippen LogP contribution in [0.2, 0.25) is 0 Å². The number of aromatic nitrogens is 2. The smallest absolute Gasteiger partial charge is 0.307 e. The highest BCUT2D eigenvalue weighted by atomic mass is 16.5. The zero-order valence-corrected chi connectivity index (χ0v) is 11.1. The van der Waals surface area contributed by atoms with Crippen molar-refractivity contribution in [3.63, 3.8) is 0 Å². The van der Waals surface area contributed by atoms with Gasteiger partial charge in [0.05, 0.1) is 13.5 Å². The maximum Gasteiger partial charge on any atom is 0.307 e. The molecule has 1 aromatic rings. The second-order valence-corrected chi connectivity index (χ2v) is 4.48. The molecule has 1 aliphatic rings. The molecule has 0 bridgehead atoms. The van der Waals surface area contributed by atoms with Crippen LogP contribution in [0.15, 0.2) is 12.4 Å². The third kappa shape index (κ3) is 4.17. The Bertz CT molecular complexity index is 402. The van der Waals surface area contributed by atoms with Crippen molar-refractivity contribution >= 4 is 11.9 Å². The Kier molecular flexibility index (Phi) is 5.09. The summed E-state index contributed by atoms with van der Waals surface area (Å²) in [5.74, 6) is 0.795. The summed E-state index contributed by atoms with van der Waals surface area (Å²) >= 11 is 0. The molecule has 0 atom stereocenters. The molecule has 0 saturated carbocycles. The highest BCUT2D eigenvalue weighted by molar-refractivity contribution is 5.69. The van der Waals surface area contributed by atoms with E-state index in [1.165, 1.54) is 7.11 Å². The van der Waals surface area contributed by atoms with Crippen molar-refractivity contribution < 1.29 is 14.3 Å². The maximum absolute atomic E-state index is 10.9. The van der Waals surface area contributed by atoms with E-state index < -0.39 is 0 Å². The van der Waals surface area contributed by atoms with Crippen LogP contribution in [-0.4, -0.2) is 42.8 Å². The number of ether oxygens (including phenoxy) is 2. The average Bonchev–Trinajstić information content (AvgIpc) is 2.48. The molecule has 1 N–H and O–H groups in total. The van der Waals surface area contributed by atoms with Gasteiger partial charge < -0.3 is 14.8 Å². The molecule has 0 unspecified atom stereocenters. The van der Waals surface area contributed by atoms with Crippen molar-refractivity contribution in [3.05, 3.63) is 18.0 Å². The number of hydrogen-bond donors (Lipinski definition) is 1. The summed E-state index contributed by atoms with van der Waals surface area (Å²) in [6.07, 6.45) is 6.06. The predicted molar refractivity (Wildman–Crippen MR) is 69.9 cm³/mol. The van der Waals surface area contributed by atoms with Gasteiger partial charge >= 0.3 is 5.97 Å². The van der Waals surface area contributed by atoms with Gasteiger partial charge in [-0.1, -0.05) is 0 Å². The second-order valence-electron chi connectivity index (χ2n) is 4.48. The minimum absolute atomic E-state index is 0.244. The minimum atomic E-state index is -0.244. The zero-order chi connectivity index (χ0) is 13.5. The fourth-order valence-corrected chi connectivity index (χ4v) is 2.05. The van der Waals surface area contributed by atoms with E-state index in [9.17, 15) is 4.79 Å². The van der Waals surface area contributed by atoms with E-state index in [-0.39, 0.29) is 5.97 Å². The molecule has 104 valence electrons. The van der Waals surface area contributed by atoms with Gasteiger partial charge in [-0.3, -0.25) is 4.79 Å². The molecule has 0 radical (unpaired) electrons. The number of nitrogens with zero attached hydrogens (tertiary/aromatic N) is 2. The summed E-state index contributed by atoms with van der Waals surface area (Å²) in [4.78, 5) is 19.5. The molecule has 6 nitrogen and oxygen atoms in total. The van der Waals surface area contributed by atoms with E-state index in [1.54, 1.807) is 0 Å². The summed E-state index contributed by atoms with van der Waals surface area (Å²) in [7, 11) is 1.38. The summed E-state index contributed by atoms with van der Waals surface area (Å²) in [6.45, 7) is 2.09. The number of hydrogen-bond acceptors (Lipinski definition) is 6. The standard InChI is InChI=1S/C13H19N3O3/c1-18-12(17)2-5-14-13-15-8-11(9-16-13)10-3-6-19-7-4-10/h8-10H,2-7H2,1H3,(H,14,15,16). The SMILES string of the molecule is COC(=O)CCNc1ncc(C2CCOCC2)cn1. The number of methoxy groups -OCH3 is 1. The van der Waals surface area contributed by atoms with Gasteiger partial charge in [-0.2, -0.15) is 0 Å². The van der Waals surface area contributed by atoms with E-state index in [2.05, 4.69) is 20.0 Å². The van der Waals surface area contributed by atoms with Crippen molar-refractivity contribution in [3.8, 4) is 0 Å². The third-order valence-corrected chi connectivity index (χ3v) is 3.20. The molecule has 1 saturated heterocycles. The van der Waals surface area contributed by atoms with E-state index in [0.29, 0.717) is 24.8 Å². The zero-order valence-electron chi connectivity index (χ0n) is 11.1. The van der Waals surface area contributed by atoms with Crippen molar-refractivity contribution in [2.45, 2.75) is 25.2 Å². The highest BCUT2D eigenvalue weighted by Crippen LogP contribution is 2.25. The molecule has 1 fully saturated rings. The van der Waals surface area contributed by atoms with Crippen molar-refractivity contribution in [2.24, 2.45) is 0 Å². The number of carbonyl (C=O) groups is 1. The van der Waals surface area contributed by atoms with E-state index in [0.717, 1.165) is 31.6 Å². The first-order chi connectivity index (χ1) is 9.29. The first-order valence-electron chi connectivity index (χ1n) is 6.50. The predicted octanol–water partition coefficient (Wildman–Crippen LogP) is 1.35. The lowest BCUT2D eigenvalue weighted by Crippen LogP contribution is -2.15. The van der Waals surface area contributed by atoms with Gasteiger partial charge in [0.25, 0.3) is 0 Å². The van der Waals surface area contributed by atoms with Gasteiger partial charge in [-0.25, -0.2) is 9.97 Å². The van der Waals surface area contributed by atoms with Crippen LogP contribution in [0, 0.1) is 0 Å². The molecule has 1 aliphatic heterocycles. The van der Waals surface area contributed by atoms with Gasteiger partial charge in [0, 0.05) is 32.2 Å². The molecule has 2 heterocycles. The lowest BCUT2D eigenvalue weighted by molar-refractivity contribution is -0.140. The summed E-state index contributed by atoms with van der Waals surface area (Å²) in [5.41, 5.74) is 1.15. The highest BCUT2D eigenvalue weighted by Gasteiger charge is 2.16. The van der Waals surface area contributed by atoms with E-state index >= 15 is 0 Å². The quantitative estimate of drug-likeness (QED) is 0.810. The minimum Gasteiger partial charge on any atom is -0.469 e. The van der Waals surface area contributed by atoms with Crippen molar-refractivity contribution in [1.29, 1.82) is 0 Å². The molecule has 1 aromatic heterocycles. The van der Waals surface area contributed by atoms with Crippen molar-refractivity contribution in [1.82, 2.24) is 9.97 Å². The van der Waals surface area contributed by atoms with Crippen LogP contribution in [0.5, 0.6) is 0 Å². The van der Waals surface area contributed by atoms with Crippen LogP contribution >= 0.6 is 0 Å². The Morgan fingerprint density at radius 1 is 1.42 bits per heavy atom. The molecule has 0 aromatic carbocycles. The molecule has 6 heteroatoms. The topological polar surface area (TPSA) is 73.3 Å². The average molecular weight is 265 g/mol. The van der Waals surface area contributed by atoms with Gasteiger partial charge in [0.15, 0.2) is 0 Å². The lowest BCUT2D eigenvalue weighted by Gasteiger charge is -2.21. The molecule has 19 heavy (non-hydrogen) atoms. The van der Waals surface area contributed by atoms with Crippen LogP contribution in [0.25, 0.3) is 0 Å². The Morgan fingerprint density at radius 3 is 2.74 bits per heavy atom. The monoisotopic (exact) mass is 265 g/mol. The van der Waals surface area contributed by atoms with E-state index in [1.807, 2.05) is 12.4 Å². The van der Waals surface area contributed by atoms with Crippen LogP contribution in [0.3, 0.4) is 0 Å². The molecular weight excluding hydrogens is 246 g/mol. The molecule has 0 spiro atoms. The Labute approximate surface area is 112 Å². The fraction of sp³-hybridized carbons (Fsp3) is 0.615. The van der Waals surface area contributed by atoms with Gasteiger partial charge in [0.2, 0.25) is 5.95 Å².